The van der Waals surface area contributed by atoms with Crippen molar-refractivity contribution in [1.29, 1.82) is 0 Å². The minimum Gasteiger partial charge on any atom is -0.264 e. The topological polar surface area (TPSA) is 37.6 Å². The Morgan fingerprint density at radius 1 is 0.778 bits per heavy atom. The highest BCUT2D eigenvalue weighted by Crippen LogP contribution is 2.25. The molecule has 0 amide bonds. The SMILES string of the molecule is C=CC(C/C=C/C=N/C(=N\C(=C)C1=CC=CCC1)c1cccc(/C2=c3\cccc\c3=C(/C3=c4ccccc4=CCC3)C/C=C\C=C/C2)c1)c1cccnc1. The van der Waals surface area contributed by atoms with E-state index in [-0.39, 0.29) is 5.92 Å². The Morgan fingerprint density at radius 2 is 1.57 bits per heavy atom. The number of hydrogen-bond acceptors (Lipinski definition) is 2. The van der Waals surface area contributed by atoms with E-state index >= 15 is 0 Å². The lowest BCUT2D eigenvalue weighted by Gasteiger charge is -2.17. The summed E-state index contributed by atoms with van der Waals surface area (Å²) in [6.45, 7) is 8.43. The highest BCUT2D eigenvalue weighted by Gasteiger charge is 2.14. The number of nitrogens with zero attached hydrogens (tertiary/aromatic N) is 3. The van der Waals surface area contributed by atoms with Crippen molar-refractivity contribution < 1.29 is 0 Å². The molecule has 0 aliphatic heterocycles. The number of aliphatic imine (C=N–C) groups is 2. The van der Waals surface area contributed by atoms with E-state index in [1.807, 2.05) is 30.6 Å². The number of pyridine rings is 1. The first-order valence-corrected chi connectivity index (χ1v) is 19.1. The normalized spacial score (nSPS) is 19.7. The molecule has 0 N–H and O–H groups in total. The molecule has 0 radical (unpaired) electrons. The predicted molar refractivity (Wildman–Crippen MR) is 230 cm³/mol. The van der Waals surface area contributed by atoms with Gasteiger partial charge in [-0.25, -0.2) is 9.98 Å². The molecule has 266 valence electrons. The lowest BCUT2D eigenvalue weighted by molar-refractivity contribution is 0.859. The van der Waals surface area contributed by atoms with E-state index < -0.39 is 0 Å². The number of rotatable bonds is 10. The summed E-state index contributed by atoms with van der Waals surface area (Å²) in [5.74, 6) is 0.822. The fourth-order valence-corrected chi connectivity index (χ4v) is 7.51. The van der Waals surface area contributed by atoms with Crippen molar-refractivity contribution in [2.24, 2.45) is 9.98 Å². The van der Waals surface area contributed by atoms with Crippen molar-refractivity contribution in [3.05, 3.63) is 220 Å². The van der Waals surface area contributed by atoms with Gasteiger partial charge in [0.15, 0.2) is 5.84 Å². The second-order valence-electron chi connectivity index (χ2n) is 13.8. The van der Waals surface area contributed by atoms with Gasteiger partial charge in [-0.1, -0.05) is 140 Å². The molecule has 3 aliphatic carbocycles. The summed E-state index contributed by atoms with van der Waals surface area (Å²) in [5, 5.41) is 5.26. The van der Waals surface area contributed by atoms with E-state index in [0.29, 0.717) is 5.84 Å². The van der Waals surface area contributed by atoms with Crippen LogP contribution >= 0.6 is 0 Å². The number of hydrogen-bond donors (Lipinski definition) is 0. The van der Waals surface area contributed by atoms with E-state index in [2.05, 4.69) is 152 Å². The number of fused-ring (bicyclic) bond motifs is 2. The molecule has 3 heteroatoms. The standard InChI is InChI=1S/C51H47N3/c1-3-39(44-27-19-34-52-37-44)20-15-16-35-53-51(54-38(2)40-21-7-6-8-22-40)43-26-17-25-42(36-43)46-28-9-4-5-10-30-49(50-32-14-13-31-47(46)50)48-33-18-24-41-23-11-12-29-45(41)48/h3-7,9-17,19,21,23-27,29,31-32,34-37,39H,1-2,8,18,20,22,28,30,33H2/b9-4-,10-5-,16-15+,47-46+,50-49+,53-35+,54-51-. The van der Waals surface area contributed by atoms with Crippen molar-refractivity contribution in [2.75, 3.05) is 0 Å². The van der Waals surface area contributed by atoms with Gasteiger partial charge in [0.2, 0.25) is 0 Å². The first-order valence-electron chi connectivity index (χ1n) is 19.1. The zero-order valence-corrected chi connectivity index (χ0v) is 30.9. The molecule has 7 rings (SSSR count). The van der Waals surface area contributed by atoms with Gasteiger partial charge in [0.25, 0.3) is 0 Å². The van der Waals surface area contributed by atoms with Gasteiger partial charge < -0.3 is 0 Å². The third-order valence-electron chi connectivity index (χ3n) is 10.3. The lowest BCUT2D eigenvalue weighted by Crippen LogP contribution is -2.34. The summed E-state index contributed by atoms with van der Waals surface area (Å²) in [5.41, 5.74) is 9.27. The fraction of sp³-hybridized carbons (Fsp3) is 0.157. The molecule has 0 saturated heterocycles. The van der Waals surface area contributed by atoms with Crippen molar-refractivity contribution >= 4 is 34.8 Å². The maximum absolute atomic E-state index is 5.07. The average Bonchev–Trinajstić information content (AvgIpc) is 3.23. The Bertz CT molecular complexity index is 2500. The summed E-state index contributed by atoms with van der Waals surface area (Å²) in [6.07, 6.45) is 35.8. The fourth-order valence-electron chi connectivity index (χ4n) is 7.51. The Kier molecular flexibility index (Phi) is 12.1. The molecule has 1 heterocycles. The van der Waals surface area contributed by atoms with Crippen LogP contribution in [0.3, 0.4) is 0 Å². The lowest BCUT2D eigenvalue weighted by atomic mass is 9.88. The van der Waals surface area contributed by atoms with Gasteiger partial charge in [0.1, 0.15) is 0 Å². The van der Waals surface area contributed by atoms with Gasteiger partial charge in [-0.05, 0) is 117 Å². The molecule has 3 aromatic carbocycles. The minimum atomic E-state index is 0.184. The molecule has 1 aromatic heterocycles. The molecule has 3 aliphatic rings. The Labute approximate surface area is 319 Å². The molecule has 0 spiro atoms. The van der Waals surface area contributed by atoms with Crippen LogP contribution < -0.4 is 20.9 Å². The molecule has 4 aromatic rings. The van der Waals surface area contributed by atoms with E-state index in [9.17, 15) is 0 Å². The van der Waals surface area contributed by atoms with Crippen LogP contribution in [-0.2, 0) is 0 Å². The van der Waals surface area contributed by atoms with Gasteiger partial charge in [-0.2, -0.15) is 0 Å². The molecule has 0 bridgehead atoms. The van der Waals surface area contributed by atoms with Crippen LogP contribution in [0.15, 0.2) is 192 Å². The minimum absolute atomic E-state index is 0.184. The van der Waals surface area contributed by atoms with Crippen molar-refractivity contribution in [2.45, 2.75) is 50.9 Å². The van der Waals surface area contributed by atoms with Gasteiger partial charge in [0.05, 0.1) is 5.70 Å². The highest BCUT2D eigenvalue weighted by molar-refractivity contribution is 6.05. The Morgan fingerprint density at radius 3 is 2.35 bits per heavy atom. The van der Waals surface area contributed by atoms with Crippen LogP contribution in [0, 0.1) is 0 Å². The van der Waals surface area contributed by atoms with Crippen LogP contribution in [0.2, 0.25) is 0 Å². The first-order chi connectivity index (χ1) is 26.7. The highest BCUT2D eigenvalue weighted by atomic mass is 14.9. The first kappa shape index (κ1) is 36.2. The Balaban J connectivity index is 1.32. The summed E-state index contributed by atoms with van der Waals surface area (Å²) in [7, 11) is 0. The van der Waals surface area contributed by atoms with E-state index in [0.717, 1.165) is 72.9 Å². The summed E-state index contributed by atoms with van der Waals surface area (Å²) >= 11 is 0. The molecule has 1 atom stereocenters. The molecule has 0 saturated carbocycles. The molecule has 0 fully saturated rings. The maximum atomic E-state index is 5.07. The van der Waals surface area contributed by atoms with E-state index in [1.165, 1.54) is 37.6 Å². The summed E-state index contributed by atoms with van der Waals surface area (Å²) in [4.78, 5) is 14.3. The third-order valence-corrected chi connectivity index (χ3v) is 10.3. The largest absolute Gasteiger partial charge is 0.264 e. The third kappa shape index (κ3) is 8.70. The molecule has 3 nitrogen and oxygen atoms in total. The van der Waals surface area contributed by atoms with Crippen LogP contribution in [0.5, 0.6) is 0 Å². The van der Waals surface area contributed by atoms with E-state index in [4.69, 9.17) is 9.98 Å². The zero-order chi connectivity index (χ0) is 37.0. The number of amidine groups is 1. The van der Waals surface area contributed by atoms with Crippen molar-refractivity contribution in [1.82, 2.24) is 4.98 Å². The second kappa shape index (κ2) is 18.0. The molecular formula is C51H47N3. The van der Waals surface area contributed by atoms with Crippen LogP contribution in [-0.4, -0.2) is 17.0 Å². The predicted octanol–water partition coefficient (Wildman–Crippen LogP) is 9.29. The zero-order valence-electron chi connectivity index (χ0n) is 30.9. The Hall–Kier alpha value is -6.19. The number of allylic oxidation sites excluding steroid dienone is 11. The number of benzene rings is 3. The molecular weight excluding hydrogens is 655 g/mol. The van der Waals surface area contributed by atoms with Crippen molar-refractivity contribution in [3.63, 3.8) is 0 Å². The van der Waals surface area contributed by atoms with Crippen LogP contribution in [0.1, 0.15) is 67.6 Å². The van der Waals surface area contributed by atoms with Crippen LogP contribution in [0.4, 0.5) is 0 Å². The maximum Gasteiger partial charge on any atom is 0.159 e. The van der Waals surface area contributed by atoms with Gasteiger partial charge in [0, 0.05) is 30.1 Å². The number of aromatic nitrogens is 1. The summed E-state index contributed by atoms with van der Waals surface area (Å²) < 4.78 is 0. The van der Waals surface area contributed by atoms with Gasteiger partial charge >= 0.3 is 0 Å². The molecule has 1 unspecified atom stereocenters. The van der Waals surface area contributed by atoms with Gasteiger partial charge in [-0.15, -0.1) is 6.58 Å². The smallest absolute Gasteiger partial charge is 0.159 e. The van der Waals surface area contributed by atoms with Crippen molar-refractivity contribution in [3.8, 4) is 0 Å². The van der Waals surface area contributed by atoms with Crippen LogP contribution in [0.25, 0.3) is 22.8 Å². The average molecular weight is 702 g/mol. The molecule has 54 heavy (non-hydrogen) atoms. The van der Waals surface area contributed by atoms with E-state index in [1.54, 1.807) is 6.20 Å². The summed E-state index contributed by atoms with van der Waals surface area (Å²) in [6, 6.07) is 30.6. The monoisotopic (exact) mass is 701 g/mol. The second-order valence-corrected chi connectivity index (χ2v) is 13.8. The quantitative estimate of drug-likeness (QED) is 0.0923. The van der Waals surface area contributed by atoms with Gasteiger partial charge in [-0.3, -0.25) is 4.98 Å².